The van der Waals surface area contributed by atoms with Crippen LogP contribution in [-0.4, -0.2) is 41.7 Å². The minimum absolute atomic E-state index is 0.396. The molecule has 0 radical (unpaired) electrons. The van der Waals surface area contributed by atoms with Gasteiger partial charge in [-0.25, -0.2) is 8.78 Å². The fraction of sp³-hybridized carbons (Fsp3) is 0.600. The van der Waals surface area contributed by atoms with E-state index >= 15 is 0 Å². The summed E-state index contributed by atoms with van der Waals surface area (Å²) in [6, 6.07) is 0.436. The second kappa shape index (κ2) is 13.3. The van der Waals surface area contributed by atoms with Gasteiger partial charge in [0.15, 0.2) is 0 Å². The third-order valence-electron chi connectivity index (χ3n) is 6.01. The minimum atomic E-state index is -2.74. The molecule has 0 bridgehead atoms. The lowest BCUT2D eigenvalue weighted by Crippen LogP contribution is -2.32. The lowest BCUT2D eigenvalue weighted by Gasteiger charge is -2.23. The Morgan fingerprint density at radius 1 is 1.38 bits per heavy atom. The molecule has 2 aliphatic carbocycles. The van der Waals surface area contributed by atoms with E-state index in [1.807, 2.05) is 6.20 Å². The number of amidine groups is 1. The summed E-state index contributed by atoms with van der Waals surface area (Å²) in [5.41, 5.74) is 2.25. The fourth-order valence-corrected chi connectivity index (χ4v) is 3.93. The second-order valence-corrected chi connectivity index (χ2v) is 8.47. The summed E-state index contributed by atoms with van der Waals surface area (Å²) in [5, 5.41) is 10.5. The number of nitrogens with one attached hydrogen (secondary N) is 2. The summed E-state index contributed by atoms with van der Waals surface area (Å²) < 4.78 is 30.7. The zero-order valence-corrected chi connectivity index (χ0v) is 19.6. The van der Waals surface area contributed by atoms with Crippen molar-refractivity contribution >= 4 is 5.84 Å². The molecular weight excluding hydrogens is 410 g/mol. The highest BCUT2D eigenvalue weighted by molar-refractivity contribution is 6.00. The molecule has 178 valence electrons. The Balaban J connectivity index is 0.000000258. The van der Waals surface area contributed by atoms with Crippen LogP contribution in [0.25, 0.3) is 0 Å². The van der Waals surface area contributed by atoms with Crippen LogP contribution in [0.3, 0.4) is 0 Å². The van der Waals surface area contributed by atoms with Crippen molar-refractivity contribution < 1.29 is 13.5 Å². The summed E-state index contributed by atoms with van der Waals surface area (Å²) in [6.45, 7) is 7.67. The van der Waals surface area contributed by atoms with Crippen LogP contribution in [0.5, 0.6) is 0 Å². The first-order valence-corrected chi connectivity index (χ1v) is 11.6. The predicted molar refractivity (Wildman–Crippen MR) is 127 cm³/mol. The fourth-order valence-electron chi connectivity index (χ4n) is 3.93. The van der Waals surface area contributed by atoms with Gasteiger partial charge in [-0.3, -0.25) is 10.1 Å². The summed E-state index contributed by atoms with van der Waals surface area (Å²) in [7, 11) is 1.29. The molecule has 2 N–H and O–H groups in total. The molecule has 0 spiro atoms. The molecule has 5 nitrogen and oxygen atoms in total. The van der Waals surface area contributed by atoms with Crippen LogP contribution in [0.15, 0.2) is 48.3 Å². The Hall–Kier alpha value is -2.28. The van der Waals surface area contributed by atoms with Crippen molar-refractivity contribution in [1.82, 2.24) is 15.5 Å². The number of hydrogen-bond donors (Lipinski definition) is 2. The maximum Gasteiger partial charge on any atom is 0.277 e. The molecule has 0 amide bonds. The van der Waals surface area contributed by atoms with E-state index in [2.05, 4.69) is 40.7 Å². The van der Waals surface area contributed by atoms with Gasteiger partial charge >= 0.3 is 0 Å². The van der Waals surface area contributed by atoms with Gasteiger partial charge in [-0.1, -0.05) is 64.0 Å². The number of aromatic nitrogens is 2. The highest BCUT2D eigenvalue weighted by Crippen LogP contribution is 2.30. The van der Waals surface area contributed by atoms with E-state index in [4.69, 9.17) is 4.99 Å². The zero-order chi connectivity index (χ0) is 23.4. The molecule has 2 aliphatic rings. The Morgan fingerprint density at radius 2 is 2.12 bits per heavy atom. The Morgan fingerprint density at radius 3 is 2.72 bits per heavy atom. The average Bonchev–Trinajstić information content (AvgIpc) is 3.30. The first kappa shape index (κ1) is 26.0. The zero-order valence-electron chi connectivity index (χ0n) is 19.6. The van der Waals surface area contributed by atoms with E-state index in [0.717, 1.165) is 23.5 Å². The van der Waals surface area contributed by atoms with Gasteiger partial charge in [-0.2, -0.15) is 5.10 Å². The molecule has 0 aromatic carbocycles. The number of nitrogens with zero attached hydrogens (tertiary/aromatic N) is 2. The molecule has 3 rings (SSSR count). The van der Waals surface area contributed by atoms with Crippen molar-refractivity contribution in [3.8, 4) is 0 Å². The van der Waals surface area contributed by atoms with Gasteiger partial charge in [0.2, 0.25) is 0 Å². The van der Waals surface area contributed by atoms with Gasteiger partial charge in [0.25, 0.3) is 5.92 Å². The Kier molecular flexibility index (Phi) is 10.8. The summed E-state index contributed by atoms with van der Waals surface area (Å²) in [4.78, 5) is 4.92. The highest BCUT2D eigenvalue weighted by Gasteiger charge is 2.37. The van der Waals surface area contributed by atoms with Crippen molar-refractivity contribution in [1.29, 1.82) is 0 Å². The van der Waals surface area contributed by atoms with Crippen molar-refractivity contribution in [2.75, 3.05) is 13.7 Å². The maximum atomic E-state index is 13.1. The monoisotopic (exact) mass is 448 g/mol. The molecule has 2 atom stereocenters. The van der Waals surface area contributed by atoms with Crippen LogP contribution in [0.2, 0.25) is 0 Å². The smallest absolute Gasteiger partial charge is 0.277 e. The van der Waals surface area contributed by atoms with Crippen LogP contribution < -0.4 is 5.32 Å². The number of aromatic amines is 1. The van der Waals surface area contributed by atoms with Gasteiger partial charge in [-0.05, 0) is 37.8 Å². The summed E-state index contributed by atoms with van der Waals surface area (Å²) in [6.07, 6.45) is 18.1. The van der Waals surface area contributed by atoms with E-state index < -0.39 is 18.4 Å². The molecule has 32 heavy (non-hydrogen) atoms. The number of hydrogen-bond acceptors (Lipinski definition) is 3. The van der Waals surface area contributed by atoms with Crippen molar-refractivity contribution in [3.63, 3.8) is 0 Å². The van der Waals surface area contributed by atoms with Crippen LogP contribution >= 0.6 is 0 Å². The summed E-state index contributed by atoms with van der Waals surface area (Å²) >= 11 is 0. The number of methoxy groups -OCH3 is 1. The van der Waals surface area contributed by atoms with Crippen molar-refractivity contribution in [2.45, 2.75) is 76.7 Å². The topological polar surface area (TPSA) is 62.3 Å². The number of alkyl halides is 2. The van der Waals surface area contributed by atoms with Gasteiger partial charge in [0, 0.05) is 18.7 Å². The van der Waals surface area contributed by atoms with Crippen LogP contribution in [0.4, 0.5) is 8.78 Å². The third-order valence-corrected chi connectivity index (χ3v) is 6.01. The molecule has 7 heteroatoms. The molecule has 1 fully saturated rings. The highest BCUT2D eigenvalue weighted by atomic mass is 19.3. The number of ether oxygens (including phenoxy) is 1. The molecule has 0 saturated heterocycles. The van der Waals surface area contributed by atoms with Crippen LogP contribution in [0.1, 0.15) is 76.0 Å². The number of allylic oxidation sites excluding steroid dienone is 4. The van der Waals surface area contributed by atoms with E-state index in [1.54, 1.807) is 24.4 Å². The Bertz CT molecular complexity index is 779. The van der Waals surface area contributed by atoms with Gasteiger partial charge in [0.05, 0.1) is 17.8 Å². The molecule has 0 aliphatic heterocycles. The first-order valence-electron chi connectivity index (χ1n) is 11.6. The van der Waals surface area contributed by atoms with Crippen molar-refractivity contribution in [3.05, 3.63) is 54.5 Å². The number of aliphatic imine (C=N–C) groups is 1. The molecule has 1 heterocycles. The SMILES string of the molecule is C=CNC(=NC1CCCCC1)c1cn[nH]c1C(C)CC.COCC(F)(F)C1C=CC=CC1. The van der Waals surface area contributed by atoms with E-state index in [1.165, 1.54) is 45.3 Å². The maximum absolute atomic E-state index is 13.1. The predicted octanol–water partition coefficient (Wildman–Crippen LogP) is 6.14. The second-order valence-electron chi connectivity index (χ2n) is 8.47. The Labute approximate surface area is 191 Å². The van der Waals surface area contributed by atoms with Gasteiger partial charge < -0.3 is 10.1 Å². The molecule has 1 aromatic heterocycles. The summed E-state index contributed by atoms with van der Waals surface area (Å²) in [5.74, 6) is -2.08. The molecular formula is C25H38F2N4O. The quantitative estimate of drug-likeness (QED) is 0.371. The van der Waals surface area contributed by atoms with Crippen molar-refractivity contribution in [2.24, 2.45) is 10.9 Å². The molecule has 1 saturated carbocycles. The van der Waals surface area contributed by atoms with Gasteiger partial charge in [-0.15, -0.1) is 0 Å². The van der Waals surface area contributed by atoms with E-state index in [-0.39, 0.29) is 0 Å². The standard InChI is InChI=1S/C16H26N4.C9H12F2O/c1-4-12(3)15-14(11-18-20-15)16(17-5-2)19-13-9-7-6-8-10-13;1-12-7-9(10,11)8-5-3-2-4-6-8/h5,11-13H,2,4,6-10H2,1,3H3,(H,17,19)(H,18,20);2-5,8H,6-7H2,1H3. The van der Waals surface area contributed by atoms with Crippen LogP contribution in [-0.2, 0) is 4.74 Å². The molecule has 1 aromatic rings. The first-order chi connectivity index (χ1) is 15.4. The average molecular weight is 449 g/mol. The lowest BCUT2D eigenvalue weighted by molar-refractivity contribution is -0.0939. The van der Waals surface area contributed by atoms with E-state index in [0.29, 0.717) is 18.4 Å². The van der Waals surface area contributed by atoms with Crippen LogP contribution in [0, 0.1) is 5.92 Å². The third kappa shape index (κ3) is 7.69. The minimum Gasteiger partial charge on any atom is -0.378 e. The van der Waals surface area contributed by atoms with E-state index in [9.17, 15) is 8.78 Å². The molecule has 2 unspecified atom stereocenters. The lowest BCUT2D eigenvalue weighted by atomic mass is 9.94. The number of rotatable bonds is 8. The number of H-pyrrole nitrogens is 1. The van der Waals surface area contributed by atoms with Gasteiger partial charge in [0.1, 0.15) is 12.4 Å². The largest absolute Gasteiger partial charge is 0.378 e. The normalized spacial score (nSPS) is 20.4. The number of halogens is 2.